The standard InChI is InChI=1S/C15H20ClNO2/c1-15(12-6-8-17-9-7-12)18-10-14(19-15)11-2-4-13(16)5-3-11/h2-5,12,14,17H,6-10H2,1H3. The van der Waals surface area contributed by atoms with E-state index in [0.717, 1.165) is 36.5 Å². The first-order valence-electron chi connectivity index (χ1n) is 6.95. The second-order valence-corrected chi connectivity index (χ2v) is 5.95. The van der Waals surface area contributed by atoms with Crippen molar-refractivity contribution in [3.8, 4) is 0 Å². The number of hydrogen-bond donors (Lipinski definition) is 1. The van der Waals surface area contributed by atoms with E-state index in [-0.39, 0.29) is 6.10 Å². The van der Waals surface area contributed by atoms with Gasteiger partial charge in [-0.15, -0.1) is 0 Å². The van der Waals surface area contributed by atoms with E-state index in [2.05, 4.69) is 12.2 Å². The van der Waals surface area contributed by atoms with Gasteiger partial charge in [-0.2, -0.15) is 0 Å². The Morgan fingerprint density at radius 1 is 1.21 bits per heavy atom. The number of benzene rings is 1. The molecule has 2 unspecified atom stereocenters. The first-order valence-corrected chi connectivity index (χ1v) is 7.33. The molecule has 3 rings (SSSR count). The Labute approximate surface area is 119 Å². The van der Waals surface area contributed by atoms with Crippen molar-refractivity contribution in [2.24, 2.45) is 5.92 Å². The van der Waals surface area contributed by atoms with E-state index in [0.29, 0.717) is 12.5 Å². The third-order valence-electron chi connectivity index (χ3n) is 4.22. The van der Waals surface area contributed by atoms with Gasteiger partial charge in [0.1, 0.15) is 6.10 Å². The van der Waals surface area contributed by atoms with Gasteiger partial charge in [-0.05, 0) is 50.6 Å². The molecule has 2 saturated heterocycles. The third-order valence-corrected chi connectivity index (χ3v) is 4.47. The van der Waals surface area contributed by atoms with Gasteiger partial charge in [0.2, 0.25) is 0 Å². The zero-order valence-electron chi connectivity index (χ0n) is 11.2. The first kappa shape index (κ1) is 13.4. The van der Waals surface area contributed by atoms with Gasteiger partial charge >= 0.3 is 0 Å². The molecule has 0 spiro atoms. The fourth-order valence-electron chi connectivity index (χ4n) is 2.99. The van der Waals surface area contributed by atoms with Crippen molar-refractivity contribution in [2.45, 2.75) is 31.7 Å². The minimum absolute atomic E-state index is 0.0251. The smallest absolute Gasteiger partial charge is 0.169 e. The summed E-state index contributed by atoms with van der Waals surface area (Å²) in [6, 6.07) is 7.84. The maximum absolute atomic E-state index is 6.22. The number of hydrogen-bond acceptors (Lipinski definition) is 3. The number of piperidine rings is 1. The van der Waals surface area contributed by atoms with Crippen LogP contribution in [0.5, 0.6) is 0 Å². The van der Waals surface area contributed by atoms with Crippen LogP contribution < -0.4 is 5.32 Å². The van der Waals surface area contributed by atoms with Crippen LogP contribution in [0, 0.1) is 5.92 Å². The number of ether oxygens (including phenoxy) is 2. The molecule has 0 aromatic heterocycles. The van der Waals surface area contributed by atoms with Crippen LogP contribution in [0.2, 0.25) is 5.02 Å². The van der Waals surface area contributed by atoms with Crippen LogP contribution in [0.3, 0.4) is 0 Å². The van der Waals surface area contributed by atoms with Crippen LogP contribution in [-0.2, 0) is 9.47 Å². The lowest BCUT2D eigenvalue weighted by Gasteiger charge is -2.35. The fourth-order valence-corrected chi connectivity index (χ4v) is 3.12. The summed E-state index contributed by atoms with van der Waals surface area (Å²) in [5.41, 5.74) is 1.14. The van der Waals surface area contributed by atoms with Crippen molar-refractivity contribution >= 4 is 11.6 Å². The van der Waals surface area contributed by atoms with Crippen LogP contribution in [0.1, 0.15) is 31.4 Å². The van der Waals surface area contributed by atoms with Crippen LogP contribution in [0.15, 0.2) is 24.3 Å². The lowest BCUT2D eigenvalue weighted by Crippen LogP contribution is -2.42. The number of halogens is 1. The predicted molar refractivity (Wildman–Crippen MR) is 75.2 cm³/mol. The van der Waals surface area contributed by atoms with Crippen molar-refractivity contribution in [3.63, 3.8) is 0 Å². The van der Waals surface area contributed by atoms with E-state index < -0.39 is 5.79 Å². The average Bonchev–Trinajstić information content (AvgIpc) is 2.85. The molecule has 0 bridgehead atoms. The van der Waals surface area contributed by atoms with Crippen molar-refractivity contribution in [1.82, 2.24) is 5.32 Å². The monoisotopic (exact) mass is 281 g/mol. The molecule has 0 amide bonds. The molecular formula is C15H20ClNO2. The van der Waals surface area contributed by atoms with E-state index in [1.807, 2.05) is 24.3 Å². The summed E-state index contributed by atoms with van der Waals surface area (Å²) in [5.74, 6) is 0.0397. The molecule has 2 atom stereocenters. The van der Waals surface area contributed by atoms with Gasteiger partial charge in [-0.3, -0.25) is 0 Å². The van der Waals surface area contributed by atoms with Crippen molar-refractivity contribution in [3.05, 3.63) is 34.9 Å². The molecule has 104 valence electrons. The second-order valence-electron chi connectivity index (χ2n) is 5.51. The minimum Gasteiger partial charge on any atom is -0.347 e. The summed E-state index contributed by atoms with van der Waals surface area (Å²) >= 11 is 5.92. The molecule has 1 aromatic rings. The third kappa shape index (κ3) is 2.79. The Bertz CT molecular complexity index is 430. The van der Waals surface area contributed by atoms with E-state index in [9.17, 15) is 0 Å². The molecule has 0 saturated carbocycles. The molecule has 3 nitrogen and oxygen atoms in total. The molecule has 2 heterocycles. The summed E-state index contributed by atoms with van der Waals surface area (Å²) in [5, 5.41) is 4.13. The van der Waals surface area contributed by atoms with Gasteiger partial charge in [0, 0.05) is 10.9 Å². The van der Waals surface area contributed by atoms with Gasteiger partial charge < -0.3 is 14.8 Å². The Balaban J connectivity index is 1.70. The molecule has 0 radical (unpaired) electrons. The maximum Gasteiger partial charge on any atom is 0.169 e. The minimum atomic E-state index is -0.438. The van der Waals surface area contributed by atoms with E-state index >= 15 is 0 Å². The topological polar surface area (TPSA) is 30.5 Å². The summed E-state index contributed by atoms with van der Waals surface area (Å²) < 4.78 is 12.2. The zero-order valence-corrected chi connectivity index (χ0v) is 12.0. The summed E-state index contributed by atoms with van der Waals surface area (Å²) in [6.07, 6.45) is 2.25. The molecule has 2 aliphatic rings. The Kier molecular flexibility index (Phi) is 3.81. The normalized spacial score (nSPS) is 32.6. The highest BCUT2D eigenvalue weighted by Gasteiger charge is 2.44. The number of rotatable bonds is 2. The summed E-state index contributed by atoms with van der Waals surface area (Å²) in [6.45, 7) is 4.82. The molecule has 2 fully saturated rings. The quantitative estimate of drug-likeness (QED) is 0.903. The molecule has 19 heavy (non-hydrogen) atoms. The fraction of sp³-hybridized carbons (Fsp3) is 0.600. The van der Waals surface area contributed by atoms with Crippen LogP contribution in [0.25, 0.3) is 0 Å². The SMILES string of the molecule is CC1(C2CCNCC2)OCC(c2ccc(Cl)cc2)O1. The maximum atomic E-state index is 6.22. The van der Waals surface area contributed by atoms with Gasteiger partial charge in [-0.1, -0.05) is 23.7 Å². The Morgan fingerprint density at radius 2 is 1.89 bits per heavy atom. The molecular weight excluding hydrogens is 262 g/mol. The molecule has 2 aliphatic heterocycles. The van der Waals surface area contributed by atoms with Crippen molar-refractivity contribution in [1.29, 1.82) is 0 Å². The van der Waals surface area contributed by atoms with Crippen LogP contribution >= 0.6 is 11.6 Å². The number of nitrogens with one attached hydrogen (secondary N) is 1. The van der Waals surface area contributed by atoms with Gasteiger partial charge in [-0.25, -0.2) is 0 Å². The highest BCUT2D eigenvalue weighted by Crippen LogP contribution is 2.41. The van der Waals surface area contributed by atoms with Crippen molar-refractivity contribution in [2.75, 3.05) is 19.7 Å². The van der Waals surface area contributed by atoms with E-state index in [4.69, 9.17) is 21.1 Å². The summed E-state index contributed by atoms with van der Waals surface area (Å²) in [4.78, 5) is 0. The lowest BCUT2D eigenvalue weighted by atomic mass is 9.90. The molecule has 4 heteroatoms. The second kappa shape index (κ2) is 5.41. The zero-order chi connectivity index (χ0) is 13.3. The molecule has 0 aliphatic carbocycles. The Hall–Kier alpha value is -0.610. The summed E-state index contributed by atoms with van der Waals surface area (Å²) in [7, 11) is 0. The van der Waals surface area contributed by atoms with Gasteiger partial charge in [0.05, 0.1) is 6.61 Å². The Morgan fingerprint density at radius 3 is 2.58 bits per heavy atom. The lowest BCUT2D eigenvalue weighted by molar-refractivity contribution is -0.197. The van der Waals surface area contributed by atoms with E-state index in [1.54, 1.807) is 0 Å². The van der Waals surface area contributed by atoms with Crippen molar-refractivity contribution < 1.29 is 9.47 Å². The van der Waals surface area contributed by atoms with Crippen LogP contribution in [0.4, 0.5) is 0 Å². The first-order chi connectivity index (χ1) is 9.17. The highest BCUT2D eigenvalue weighted by molar-refractivity contribution is 6.30. The van der Waals surface area contributed by atoms with Gasteiger partial charge in [0.25, 0.3) is 0 Å². The van der Waals surface area contributed by atoms with E-state index in [1.165, 1.54) is 0 Å². The highest BCUT2D eigenvalue weighted by atomic mass is 35.5. The molecule has 1 N–H and O–H groups in total. The van der Waals surface area contributed by atoms with Crippen LogP contribution in [-0.4, -0.2) is 25.5 Å². The molecule has 1 aromatic carbocycles. The largest absolute Gasteiger partial charge is 0.347 e. The van der Waals surface area contributed by atoms with Gasteiger partial charge in [0.15, 0.2) is 5.79 Å². The predicted octanol–water partition coefficient (Wildman–Crippen LogP) is 3.14. The average molecular weight is 282 g/mol.